The first-order chi connectivity index (χ1) is 15.9. The van der Waals surface area contributed by atoms with Crippen molar-refractivity contribution in [1.82, 2.24) is 21.0 Å². The van der Waals surface area contributed by atoms with Crippen LogP contribution in [0.25, 0.3) is 0 Å². The average molecular weight is 478 g/mol. The average Bonchev–Trinajstić information content (AvgIpc) is 2.75. The minimum absolute atomic E-state index is 0.0965. The standard InChI is InChI=1S/C13H14N2O5.C8H12N2O4/c1-8(16)20-12-10(11(17)15-12)14-13(18)19-7-9-5-3-2-4-6-9;1-5(11)9-8(3)4-10(7(8)13)14-6(2)12/h2-6,10,12H,7H2,1H3,(H,14,18)(H,15,17);4H2,1-3H3,(H,9,11)/t10-,12+;/m1./s1. The van der Waals surface area contributed by atoms with Gasteiger partial charge < -0.3 is 30.3 Å². The number of nitrogens with one attached hydrogen (secondary N) is 3. The second kappa shape index (κ2) is 11.1. The van der Waals surface area contributed by atoms with Crippen LogP contribution in [0, 0.1) is 0 Å². The smallest absolute Gasteiger partial charge is 0.408 e. The van der Waals surface area contributed by atoms with Gasteiger partial charge in [-0.05, 0) is 12.5 Å². The van der Waals surface area contributed by atoms with Gasteiger partial charge in [0.05, 0.1) is 6.54 Å². The van der Waals surface area contributed by atoms with Crippen LogP contribution in [0.2, 0.25) is 0 Å². The lowest BCUT2D eigenvalue weighted by Gasteiger charge is -2.44. The van der Waals surface area contributed by atoms with Crippen LogP contribution in [0.1, 0.15) is 33.3 Å². The number of amides is 4. The summed E-state index contributed by atoms with van der Waals surface area (Å²) in [6, 6.07) is 8.21. The van der Waals surface area contributed by atoms with Crippen molar-refractivity contribution >= 4 is 35.8 Å². The maximum atomic E-state index is 11.5. The molecule has 0 bridgehead atoms. The summed E-state index contributed by atoms with van der Waals surface area (Å²) in [6.45, 7) is 5.62. The number of rotatable bonds is 6. The molecule has 2 aliphatic rings. The minimum Gasteiger partial charge on any atom is -0.445 e. The molecule has 0 radical (unpaired) electrons. The van der Waals surface area contributed by atoms with Gasteiger partial charge in [-0.3, -0.25) is 24.0 Å². The van der Waals surface area contributed by atoms with Gasteiger partial charge in [-0.15, -0.1) is 0 Å². The largest absolute Gasteiger partial charge is 0.445 e. The second-order valence-electron chi connectivity index (χ2n) is 7.66. The van der Waals surface area contributed by atoms with E-state index >= 15 is 0 Å². The van der Waals surface area contributed by atoms with Gasteiger partial charge in [0, 0.05) is 20.8 Å². The van der Waals surface area contributed by atoms with Gasteiger partial charge in [-0.1, -0.05) is 30.3 Å². The van der Waals surface area contributed by atoms with E-state index in [1.54, 1.807) is 6.92 Å². The number of hydrogen-bond acceptors (Lipinski definition) is 9. The van der Waals surface area contributed by atoms with Crippen molar-refractivity contribution in [1.29, 1.82) is 0 Å². The third-order valence-electron chi connectivity index (χ3n) is 4.50. The molecule has 0 aliphatic carbocycles. The number of β-lactam (4-membered cyclic amide) rings is 2. The van der Waals surface area contributed by atoms with Crippen molar-refractivity contribution < 1.29 is 43.1 Å². The molecular weight excluding hydrogens is 452 g/mol. The summed E-state index contributed by atoms with van der Waals surface area (Å²) in [5.41, 5.74) is -0.0985. The lowest BCUT2D eigenvalue weighted by molar-refractivity contribution is -0.223. The Kier molecular flexibility index (Phi) is 8.53. The molecule has 2 fully saturated rings. The van der Waals surface area contributed by atoms with E-state index in [0.717, 1.165) is 10.6 Å². The molecule has 2 saturated heterocycles. The lowest BCUT2D eigenvalue weighted by atomic mass is 9.93. The van der Waals surface area contributed by atoms with Crippen molar-refractivity contribution in [3.63, 3.8) is 0 Å². The van der Waals surface area contributed by atoms with Crippen molar-refractivity contribution in [3.8, 4) is 0 Å². The van der Waals surface area contributed by atoms with Crippen LogP contribution in [0.4, 0.5) is 4.79 Å². The Morgan fingerprint density at radius 2 is 1.74 bits per heavy atom. The molecule has 2 heterocycles. The Bertz CT molecular complexity index is 968. The van der Waals surface area contributed by atoms with Gasteiger partial charge >= 0.3 is 18.0 Å². The molecule has 3 rings (SSSR count). The van der Waals surface area contributed by atoms with Crippen LogP contribution in [-0.4, -0.2) is 65.2 Å². The summed E-state index contributed by atoms with van der Waals surface area (Å²) in [5.74, 6) is -2.22. The van der Waals surface area contributed by atoms with E-state index in [4.69, 9.17) is 9.47 Å². The number of ether oxygens (including phenoxy) is 2. The van der Waals surface area contributed by atoms with Crippen LogP contribution >= 0.6 is 0 Å². The van der Waals surface area contributed by atoms with Gasteiger partial charge in [0.2, 0.25) is 12.1 Å². The third kappa shape index (κ3) is 7.18. The summed E-state index contributed by atoms with van der Waals surface area (Å²) in [7, 11) is 0. The molecule has 3 atom stereocenters. The SMILES string of the molecule is CC(=O)NC1(C)CN(OC(C)=O)C1=O.CC(=O)O[C@@H]1NC(=O)[C@H]1NC(=O)OCc1ccccc1. The molecule has 184 valence electrons. The van der Waals surface area contributed by atoms with E-state index in [2.05, 4.69) is 20.8 Å². The summed E-state index contributed by atoms with van der Waals surface area (Å²) in [6.07, 6.45) is -1.59. The fraction of sp³-hybridized carbons (Fsp3) is 0.429. The van der Waals surface area contributed by atoms with E-state index in [9.17, 15) is 28.8 Å². The van der Waals surface area contributed by atoms with Crippen LogP contribution in [0.3, 0.4) is 0 Å². The Hall–Kier alpha value is -4.16. The molecule has 4 amide bonds. The molecule has 0 spiro atoms. The molecule has 34 heavy (non-hydrogen) atoms. The normalized spacial score (nSPS) is 22.4. The minimum atomic E-state index is -0.929. The highest BCUT2D eigenvalue weighted by atomic mass is 16.7. The second-order valence-corrected chi connectivity index (χ2v) is 7.66. The molecule has 2 aliphatic heterocycles. The summed E-state index contributed by atoms with van der Waals surface area (Å²) >= 11 is 0. The van der Waals surface area contributed by atoms with Gasteiger partial charge in [-0.2, -0.15) is 5.06 Å². The molecule has 0 saturated carbocycles. The van der Waals surface area contributed by atoms with Gasteiger partial charge in [0.25, 0.3) is 11.8 Å². The van der Waals surface area contributed by atoms with Crippen LogP contribution in [0.15, 0.2) is 30.3 Å². The Balaban J connectivity index is 0.000000257. The third-order valence-corrected chi connectivity index (χ3v) is 4.50. The predicted octanol–water partition coefficient (Wildman–Crippen LogP) is -0.498. The van der Waals surface area contributed by atoms with Crippen molar-refractivity contribution in [2.24, 2.45) is 0 Å². The highest BCUT2D eigenvalue weighted by molar-refractivity contribution is 5.95. The number of nitrogens with zero attached hydrogens (tertiary/aromatic N) is 1. The Morgan fingerprint density at radius 3 is 2.24 bits per heavy atom. The maximum absolute atomic E-state index is 11.5. The van der Waals surface area contributed by atoms with E-state index in [-0.39, 0.29) is 19.1 Å². The number of hydroxylamine groups is 2. The van der Waals surface area contributed by atoms with Gasteiger partial charge in [0.1, 0.15) is 12.1 Å². The van der Waals surface area contributed by atoms with E-state index in [1.165, 1.54) is 20.8 Å². The molecular formula is C21H26N4O9. The number of hydrogen-bond donors (Lipinski definition) is 3. The Morgan fingerprint density at radius 1 is 1.09 bits per heavy atom. The van der Waals surface area contributed by atoms with Gasteiger partial charge in [-0.25, -0.2) is 4.79 Å². The molecule has 1 unspecified atom stereocenters. The zero-order valence-corrected chi connectivity index (χ0v) is 19.1. The Labute approximate surface area is 195 Å². The highest BCUT2D eigenvalue weighted by Gasteiger charge is 2.51. The first-order valence-electron chi connectivity index (χ1n) is 10.2. The first kappa shape index (κ1) is 26.1. The maximum Gasteiger partial charge on any atom is 0.408 e. The van der Waals surface area contributed by atoms with E-state index in [1.807, 2.05) is 30.3 Å². The van der Waals surface area contributed by atoms with Crippen molar-refractivity contribution in [2.45, 2.75) is 52.1 Å². The van der Waals surface area contributed by atoms with E-state index in [0.29, 0.717) is 0 Å². The fourth-order valence-electron chi connectivity index (χ4n) is 2.98. The topological polar surface area (TPSA) is 169 Å². The zero-order valence-electron chi connectivity index (χ0n) is 19.1. The zero-order chi connectivity index (χ0) is 25.5. The molecule has 3 N–H and O–H groups in total. The van der Waals surface area contributed by atoms with Gasteiger partial charge in [0.15, 0.2) is 6.04 Å². The molecule has 1 aromatic carbocycles. The molecule has 0 aromatic heterocycles. The van der Waals surface area contributed by atoms with Crippen molar-refractivity contribution in [3.05, 3.63) is 35.9 Å². The summed E-state index contributed by atoms with van der Waals surface area (Å²) in [4.78, 5) is 70.8. The number of carbonyl (C=O) groups excluding carboxylic acids is 6. The number of carbonyl (C=O) groups is 6. The van der Waals surface area contributed by atoms with E-state index < -0.39 is 47.7 Å². The first-order valence-corrected chi connectivity index (χ1v) is 10.2. The number of esters is 1. The van der Waals surface area contributed by atoms with Crippen LogP contribution in [-0.2, 0) is 44.9 Å². The van der Waals surface area contributed by atoms with Crippen LogP contribution in [0.5, 0.6) is 0 Å². The summed E-state index contributed by atoms with van der Waals surface area (Å²) in [5, 5.41) is 8.11. The number of alkyl carbamates (subject to hydrolysis) is 1. The fourth-order valence-corrected chi connectivity index (χ4v) is 2.98. The molecule has 1 aromatic rings. The number of benzene rings is 1. The highest BCUT2D eigenvalue weighted by Crippen LogP contribution is 2.22. The van der Waals surface area contributed by atoms with Crippen LogP contribution < -0.4 is 16.0 Å². The van der Waals surface area contributed by atoms with Crippen molar-refractivity contribution in [2.75, 3.05) is 6.54 Å². The molecule has 13 nitrogen and oxygen atoms in total. The monoisotopic (exact) mass is 478 g/mol. The molecule has 13 heteroatoms. The summed E-state index contributed by atoms with van der Waals surface area (Å²) < 4.78 is 9.76. The lowest BCUT2D eigenvalue weighted by Crippen LogP contribution is -2.72. The quantitative estimate of drug-likeness (QED) is 0.360. The predicted molar refractivity (Wildman–Crippen MR) is 113 cm³/mol.